The van der Waals surface area contributed by atoms with Crippen molar-refractivity contribution in [3.63, 3.8) is 0 Å². The number of hydrogen-bond donors (Lipinski definition) is 1. The number of nitrogens with zero attached hydrogens (tertiary/aromatic N) is 3. The molecule has 1 fully saturated rings. The topological polar surface area (TPSA) is 95.8 Å². The number of sulfonamides is 1. The summed E-state index contributed by atoms with van der Waals surface area (Å²) in [6.07, 6.45) is 3.33. The van der Waals surface area contributed by atoms with Crippen molar-refractivity contribution in [1.82, 2.24) is 14.4 Å². The number of anilines is 1. The molecule has 0 bridgehead atoms. The predicted molar refractivity (Wildman–Crippen MR) is 105 cm³/mol. The van der Waals surface area contributed by atoms with Gasteiger partial charge in [-0.05, 0) is 57.1 Å². The number of halogens is 1. The Kier molecular flexibility index (Phi) is 6.99. The predicted octanol–water partition coefficient (Wildman–Crippen LogP) is 2.24. The first kappa shape index (κ1) is 21.4. The lowest BCUT2D eigenvalue weighted by atomic mass is 10.1. The molecule has 1 aliphatic heterocycles. The third-order valence-corrected chi connectivity index (χ3v) is 6.64. The second kappa shape index (κ2) is 9.47. The molecule has 0 spiro atoms. The second-order valence-electron chi connectivity index (χ2n) is 7.07. The van der Waals surface area contributed by atoms with E-state index in [2.05, 4.69) is 15.4 Å². The Morgan fingerprint density at radius 2 is 1.93 bits per heavy atom. The molecule has 3 rings (SSSR count). The first-order valence-corrected chi connectivity index (χ1v) is 11.0. The third-order valence-electron chi connectivity index (χ3n) is 4.78. The van der Waals surface area contributed by atoms with E-state index >= 15 is 0 Å². The van der Waals surface area contributed by atoms with Crippen molar-refractivity contribution in [1.29, 1.82) is 0 Å². The smallest absolute Gasteiger partial charge is 0.243 e. The molecule has 0 atom stereocenters. The second-order valence-corrected chi connectivity index (χ2v) is 9.00. The molecule has 0 radical (unpaired) electrons. The maximum absolute atomic E-state index is 13.2. The lowest BCUT2D eigenvalue weighted by Crippen LogP contribution is -2.43. The minimum atomic E-state index is -3.97. The molecule has 1 aromatic heterocycles. The third kappa shape index (κ3) is 5.84. The number of rotatable bonds is 8. The molecule has 2 aromatic rings. The number of aryl methyl sites for hydroxylation is 1. The molecule has 29 heavy (non-hydrogen) atoms. The van der Waals surface area contributed by atoms with Crippen molar-refractivity contribution in [3.8, 4) is 0 Å². The SMILES string of the molecule is Cc1cc(NC(=O)CN(CCN2CCCCC2)S(=O)(=O)c2ccc(F)cc2)no1. The number of piperidine rings is 1. The Morgan fingerprint density at radius 1 is 1.24 bits per heavy atom. The van der Waals surface area contributed by atoms with Gasteiger partial charge < -0.3 is 14.7 Å². The van der Waals surface area contributed by atoms with E-state index in [-0.39, 0.29) is 23.8 Å². The van der Waals surface area contributed by atoms with Gasteiger partial charge in [-0.2, -0.15) is 4.31 Å². The van der Waals surface area contributed by atoms with Crippen LogP contribution in [0.15, 0.2) is 39.8 Å². The van der Waals surface area contributed by atoms with Crippen LogP contribution in [-0.2, 0) is 14.8 Å². The fourth-order valence-corrected chi connectivity index (χ4v) is 4.63. The molecule has 1 aromatic carbocycles. The van der Waals surface area contributed by atoms with Crippen LogP contribution in [0, 0.1) is 12.7 Å². The number of benzene rings is 1. The van der Waals surface area contributed by atoms with Crippen molar-refractivity contribution >= 4 is 21.7 Å². The minimum absolute atomic E-state index is 0.0531. The van der Waals surface area contributed by atoms with Crippen molar-refractivity contribution < 1.29 is 22.1 Å². The zero-order chi connectivity index (χ0) is 20.9. The fourth-order valence-electron chi connectivity index (χ4n) is 3.24. The highest BCUT2D eigenvalue weighted by Gasteiger charge is 2.27. The molecule has 1 amide bonds. The van der Waals surface area contributed by atoms with Crippen LogP contribution < -0.4 is 5.32 Å². The molecule has 0 aliphatic carbocycles. The summed E-state index contributed by atoms with van der Waals surface area (Å²) in [5, 5.41) is 6.23. The molecule has 10 heteroatoms. The maximum atomic E-state index is 13.2. The standard InChI is InChI=1S/C19H25FN4O4S/c1-15-13-18(22-28-15)21-19(25)14-24(12-11-23-9-3-2-4-10-23)29(26,27)17-7-5-16(20)6-8-17/h5-8,13H,2-4,9-12,14H2,1H3,(H,21,22,25). The van der Waals surface area contributed by atoms with Gasteiger partial charge in [-0.3, -0.25) is 4.79 Å². The molecule has 1 saturated heterocycles. The molecule has 0 unspecified atom stereocenters. The van der Waals surface area contributed by atoms with E-state index in [4.69, 9.17) is 4.52 Å². The summed E-state index contributed by atoms with van der Waals surface area (Å²) in [5.74, 6) is -0.297. The minimum Gasteiger partial charge on any atom is -0.360 e. The number of aromatic nitrogens is 1. The van der Waals surface area contributed by atoms with Crippen LogP contribution >= 0.6 is 0 Å². The number of amides is 1. The summed E-state index contributed by atoms with van der Waals surface area (Å²) in [7, 11) is -3.97. The zero-order valence-corrected chi connectivity index (χ0v) is 17.1. The molecular formula is C19H25FN4O4S. The molecule has 2 heterocycles. The number of carbonyl (C=O) groups excluding carboxylic acids is 1. The van der Waals surface area contributed by atoms with Crippen molar-refractivity contribution in [2.24, 2.45) is 0 Å². The Bertz CT molecular complexity index is 924. The Balaban J connectivity index is 1.74. The van der Waals surface area contributed by atoms with E-state index in [1.165, 1.54) is 18.6 Å². The average molecular weight is 424 g/mol. The van der Waals surface area contributed by atoms with Crippen LogP contribution in [0.4, 0.5) is 10.2 Å². The zero-order valence-electron chi connectivity index (χ0n) is 16.3. The van der Waals surface area contributed by atoms with Gasteiger partial charge in [-0.25, -0.2) is 12.8 Å². The highest BCUT2D eigenvalue weighted by molar-refractivity contribution is 7.89. The van der Waals surface area contributed by atoms with Gasteiger partial charge in [-0.1, -0.05) is 11.6 Å². The summed E-state index contributed by atoms with van der Waals surface area (Å²) in [4.78, 5) is 14.6. The normalized spacial score (nSPS) is 15.6. The maximum Gasteiger partial charge on any atom is 0.243 e. The largest absolute Gasteiger partial charge is 0.360 e. The van der Waals surface area contributed by atoms with E-state index in [9.17, 15) is 17.6 Å². The van der Waals surface area contributed by atoms with Crippen LogP contribution in [0.2, 0.25) is 0 Å². The van der Waals surface area contributed by atoms with Crippen LogP contribution in [0.3, 0.4) is 0 Å². The monoisotopic (exact) mass is 424 g/mol. The van der Waals surface area contributed by atoms with Gasteiger partial charge >= 0.3 is 0 Å². The average Bonchev–Trinajstić information content (AvgIpc) is 3.10. The molecule has 8 nitrogen and oxygen atoms in total. The highest BCUT2D eigenvalue weighted by atomic mass is 32.2. The van der Waals surface area contributed by atoms with Gasteiger partial charge in [0.1, 0.15) is 11.6 Å². The Morgan fingerprint density at radius 3 is 2.55 bits per heavy atom. The Labute approximate surface area is 169 Å². The van der Waals surface area contributed by atoms with E-state index in [0.717, 1.165) is 42.4 Å². The van der Waals surface area contributed by atoms with Crippen molar-refractivity contribution in [3.05, 3.63) is 41.9 Å². The van der Waals surface area contributed by atoms with E-state index in [1.807, 2.05) is 0 Å². The lowest BCUT2D eigenvalue weighted by molar-refractivity contribution is -0.116. The first-order chi connectivity index (χ1) is 13.8. The number of hydrogen-bond acceptors (Lipinski definition) is 6. The molecule has 0 saturated carbocycles. The van der Waals surface area contributed by atoms with Crippen LogP contribution in [0.5, 0.6) is 0 Å². The summed E-state index contributed by atoms with van der Waals surface area (Å²) >= 11 is 0. The summed E-state index contributed by atoms with van der Waals surface area (Å²) in [5.41, 5.74) is 0. The van der Waals surface area contributed by atoms with Crippen LogP contribution in [0.25, 0.3) is 0 Å². The molecule has 158 valence electrons. The summed E-state index contributed by atoms with van der Waals surface area (Å²) < 4.78 is 45.4. The number of likely N-dealkylation sites (tertiary alicyclic amines) is 1. The van der Waals surface area contributed by atoms with Crippen LogP contribution in [-0.4, -0.2) is 61.4 Å². The van der Waals surface area contributed by atoms with Crippen molar-refractivity contribution in [2.75, 3.05) is 38.0 Å². The van der Waals surface area contributed by atoms with E-state index in [1.54, 1.807) is 13.0 Å². The van der Waals surface area contributed by atoms with Crippen molar-refractivity contribution in [2.45, 2.75) is 31.1 Å². The van der Waals surface area contributed by atoms with Gasteiger partial charge in [0.15, 0.2) is 5.82 Å². The van der Waals surface area contributed by atoms with Gasteiger partial charge in [0.2, 0.25) is 15.9 Å². The molecular weight excluding hydrogens is 399 g/mol. The molecule has 1 aliphatic rings. The summed E-state index contributed by atoms with van der Waals surface area (Å²) in [6.45, 7) is 3.82. The lowest BCUT2D eigenvalue weighted by Gasteiger charge is -2.29. The molecule has 1 N–H and O–H groups in total. The van der Waals surface area contributed by atoms with E-state index in [0.29, 0.717) is 12.3 Å². The Hall–Kier alpha value is -2.30. The quantitative estimate of drug-likeness (QED) is 0.698. The van der Waals surface area contributed by atoms with Crippen LogP contribution in [0.1, 0.15) is 25.0 Å². The van der Waals surface area contributed by atoms with E-state index < -0.39 is 21.7 Å². The van der Waals surface area contributed by atoms with Gasteiger partial charge in [0.05, 0.1) is 11.4 Å². The fraction of sp³-hybridized carbons (Fsp3) is 0.474. The van der Waals surface area contributed by atoms with Gasteiger partial charge in [0.25, 0.3) is 0 Å². The highest BCUT2D eigenvalue weighted by Crippen LogP contribution is 2.17. The number of nitrogens with one attached hydrogen (secondary N) is 1. The first-order valence-electron chi connectivity index (χ1n) is 9.56. The van der Waals surface area contributed by atoms with Gasteiger partial charge in [-0.15, -0.1) is 0 Å². The van der Waals surface area contributed by atoms with Gasteiger partial charge in [0, 0.05) is 19.2 Å². The summed E-state index contributed by atoms with van der Waals surface area (Å²) in [6, 6.07) is 6.14. The number of carbonyl (C=O) groups is 1.